The zero-order chi connectivity index (χ0) is 27.1. The minimum absolute atomic E-state index is 0.273. The largest absolute Gasteiger partial charge is 0.444 e. The van der Waals surface area contributed by atoms with E-state index in [2.05, 4.69) is 17.6 Å². The number of nitrogens with one attached hydrogen (secondary N) is 2. The number of hydrogen-bond acceptors (Lipinski definition) is 5. The van der Waals surface area contributed by atoms with Gasteiger partial charge in [-0.25, -0.2) is 4.79 Å². The molecule has 0 spiro atoms. The van der Waals surface area contributed by atoms with Crippen molar-refractivity contribution in [1.29, 1.82) is 0 Å². The summed E-state index contributed by atoms with van der Waals surface area (Å²) in [5, 5.41) is 15.5. The lowest BCUT2D eigenvalue weighted by atomic mass is 10.00. The molecular weight excluding hydrogens is 458 g/mol. The van der Waals surface area contributed by atoms with Crippen LogP contribution in [0.4, 0.5) is 4.79 Å². The predicted octanol–water partition coefficient (Wildman–Crippen LogP) is 4.64. The smallest absolute Gasteiger partial charge is 0.408 e. The SMILES string of the molecule is CCCCCCCN(C(=O)C(CO)NC(=O)OC(C)(C)C)C(C(=O)NCCCC)c1cccc(C)c1. The van der Waals surface area contributed by atoms with Gasteiger partial charge in [-0.05, 0) is 46.1 Å². The van der Waals surface area contributed by atoms with E-state index in [1.807, 2.05) is 38.1 Å². The van der Waals surface area contributed by atoms with Crippen LogP contribution in [0.15, 0.2) is 24.3 Å². The maximum Gasteiger partial charge on any atom is 0.408 e. The van der Waals surface area contributed by atoms with E-state index in [9.17, 15) is 19.5 Å². The molecule has 0 saturated carbocycles. The summed E-state index contributed by atoms with van der Waals surface area (Å²) in [4.78, 5) is 41.1. The highest BCUT2D eigenvalue weighted by Crippen LogP contribution is 2.24. The lowest BCUT2D eigenvalue weighted by Gasteiger charge is -2.34. The number of hydrogen-bond donors (Lipinski definition) is 3. The molecule has 0 heterocycles. The molecule has 0 aliphatic rings. The van der Waals surface area contributed by atoms with Gasteiger partial charge in [0.2, 0.25) is 11.8 Å². The Bertz CT molecular complexity index is 822. The van der Waals surface area contributed by atoms with Crippen molar-refractivity contribution >= 4 is 17.9 Å². The molecule has 1 aromatic carbocycles. The highest BCUT2D eigenvalue weighted by atomic mass is 16.6. The molecule has 2 atom stereocenters. The summed E-state index contributed by atoms with van der Waals surface area (Å²) >= 11 is 0. The first kappa shape index (κ1) is 31.4. The van der Waals surface area contributed by atoms with Gasteiger partial charge in [-0.2, -0.15) is 0 Å². The Balaban J connectivity index is 3.31. The number of unbranched alkanes of at least 4 members (excludes halogenated alkanes) is 5. The first-order chi connectivity index (χ1) is 17.0. The first-order valence-corrected chi connectivity index (χ1v) is 13.3. The van der Waals surface area contributed by atoms with Gasteiger partial charge < -0.3 is 25.4 Å². The lowest BCUT2D eigenvalue weighted by molar-refractivity contribution is -0.143. The molecule has 36 heavy (non-hydrogen) atoms. The molecule has 0 saturated heterocycles. The number of ether oxygens (including phenoxy) is 1. The molecule has 8 nitrogen and oxygen atoms in total. The zero-order valence-electron chi connectivity index (χ0n) is 23.1. The Morgan fingerprint density at radius 3 is 2.28 bits per heavy atom. The summed E-state index contributed by atoms with van der Waals surface area (Å²) in [7, 11) is 0. The van der Waals surface area contributed by atoms with Crippen LogP contribution in [0.2, 0.25) is 0 Å². The molecule has 204 valence electrons. The maximum absolute atomic E-state index is 13.7. The van der Waals surface area contributed by atoms with E-state index < -0.39 is 36.3 Å². The number of aliphatic hydroxyl groups excluding tert-OH is 1. The van der Waals surface area contributed by atoms with Crippen LogP contribution in [-0.2, 0) is 14.3 Å². The van der Waals surface area contributed by atoms with Crippen molar-refractivity contribution in [2.75, 3.05) is 19.7 Å². The van der Waals surface area contributed by atoms with Gasteiger partial charge in [0.05, 0.1) is 6.61 Å². The highest BCUT2D eigenvalue weighted by Gasteiger charge is 2.35. The van der Waals surface area contributed by atoms with Gasteiger partial charge in [0, 0.05) is 13.1 Å². The Labute approximate surface area is 217 Å². The Morgan fingerprint density at radius 1 is 1.03 bits per heavy atom. The summed E-state index contributed by atoms with van der Waals surface area (Å²) in [6.45, 7) is 11.5. The van der Waals surface area contributed by atoms with Crippen molar-refractivity contribution in [2.24, 2.45) is 0 Å². The van der Waals surface area contributed by atoms with Crippen molar-refractivity contribution in [3.05, 3.63) is 35.4 Å². The van der Waals surface area contributed by atoms with Gasteiger partial charge in [-0.15, -0.1) is 0 Å². The number of alkyl carbamates (subject to hydrolysis) is 1. The molecule has 2 unspecified atom stereocenters. The van der Waals surface area contributed by atoms with Crippen molar-refractivity contribution in [3.63, 3.8) is 0 Å². The summed E-state index contributed by atoms with van der Waals surface area (Å²) in [5.74, 6) is -0.791. The highest BCUT2D eigenvalue weighted by molar-refractivity contribution is 5.92. The van der Waals surface area contributed by atoms with Gasteiger partial charge in [0.25, 0.3) is 0 Å². The number of carbonyl (C=O) groups is 3. The standard InChI is InChI=1S/C28H47N3O5/c1-7-9-11-12-13-18-31(26(34)23(20-32)30-27(35)36-28(4,5)6)24(25(33)29-17-10-8-2)22-16-14-15-21(3)19-22/h14-16,19,23-24,32H,7-13,17-18,20H2,1-6H3,(H,29,33)(H,30,35). The summed E-state index contributed by atoms with van der Waals surface area (Å²) in [6, 6.07) is 5.43. The molecule has 1 rings (SSSR count). The fourth-order valence-electron chi connectivity index (χ4n) is 3.89. The van der Waals surface area contributed by atoms with Crippen molar-refractivity contribution in [1.82, 2.24) is 15.5 Å². The number of carbonyl (C=O) groups excluding carboxylic acids is 3. The number of benzene rings is 1. The van der Waals surface area contributed by atoms with Crippen molar-refractivity contribution in [3.8, 4) is 0 Å². The summed E-state index contributed by atoms with van der Waals surface area (Å²) in [5.41, 5.74) is 0.912. The first-order valence-electron chi connectivity index (χ1n) is 13.3. The van der Waals surface area contributed by atoms with E-state index in [0.29, 0.717) is 25.1 Å². The molecule has 3 N–H and O–H groups in total. The lowest BCUT2D eigenvalue weighted by Crippen LogP contribution is -2.54. The van der Waals surface area contributed by atoms with Crippen LogP contribution in [0, 0.1) is 6.92 Å². The fourth-order valence-corrected chi connectivity index (χ4v) is 3.89. The van der Waals surface area contributed by atoms with Crippen LogP contribution >= 0.6 is 0 Å². The van der Waals surface area contributed by atoms with Crippen LogP contribution < -0.4 is 10.6 Å². The van der Waals surface area contributed by atoms with Gasteiger partial charge in [-0.1, -0.05) is 75.8 Å². The van der Waals surface area contributed by atoms with Crippen molar-refractivity contribution in [2.45, 2.75) is 104 Å². The molecular formula is C28H47N3O5. The van der Waals surface area contributed by atoms with E-state index in [1.54, 1.807) is 20.8 Å². The molecule has 8 heteroatoms. The molecule has 0 bridgehead atoms. The average Bonchev–Trinajstić information content (AvgIpc) is 2.80. The number of aliphatic hydroxyl groups is 1. The van der Waals surface area contributed by atoms with E-state index in [-0.39, 0.29) is 5.91 Å². The average molecular weight is 506 g/mol. The quantitative estimate of drug-likeness (QED) is 0.301. The van der Waals surface area contributed by atoms with Crippen LogP contribution in [0.3, 0.4) is 0 Å². The molecule has 0 fully saturated rings. The molecule has 0 radical (unpaired) electrons. The van der Waals surface area contributed by atoms with E-state index in [1.165, 1.54) is 4.90 Å². The molecule has 1 aromatic rings. The van der Waals surface area contributed by atoms with Crippen LogP contribution in [0.25, 0.3) is 0 Å². The van der Waals surface area contributed by atoms with Crippen LogP contribution in [-0.4, -0.2) is 59.3 Å². The van der Waals surface area contributed by atoms with E-state index in [4.69, 9.17) is 4.74 Å². The maximum atomic E-state index is 13.7. The third-order valence-electron chi connectivity index (χ3n) is 5.70. The number of aryl methyl sites for hydroxylation is 1. The summed E-state index contributed by atoms with van der Waals surface area (Å²) in [6.07, 6.45) is 5.83. The monoisotopic (exact) mass is 505 g/mol. The van der Waals surface area contributed by atoms with E-state index in [0.717, 1.165) is 44.1 Å². The second kappa shape index (κ2) is 16.2. The summed E-state index contributed by atoms with van der Waals surface area (Å²) < 4.78 is 5.29. The van der Waals surface area contributed by atoms with Gasteiger partial charge in [0.1, 0.15) is 17.7 Å². The third-order valence-corrected chi connectivity index (χ3v) is 5.70. The minimum Gasteiger partial charge on any atom is -0.444 e. The second-order valence-corrected chi connectivity index (χ2v) is 10.3. The van der Waals surface area contributed by atoms with Crippen LogP contribution in [0.1, 0.15) is 96.7 Å². The molecule has 0 aliphatic heterocycles. The van der Waals surface area contributed by atoms with Gasteiger partial charge in [0.15, 0.2) is 0 Å². The number of rotatable bonds is 15. The van der Waals surface area contributed by atoms with E-state index >= 15 is 0 Å². The van der Waals surface area contributed by atoms with Gasteiger partial charge >= 0.3 is 6.09 Å². The molecule has 0 aromatic heterocycles. The number of amides is 3. The molecule has 0 aliphatic carbocycles. The molecule has 3 amide bonds. The Hall–Kier alpha value is -2.61. The zero-order valence-corrected chi connectivity index (χ0v) is 23.1. The normalized spacial score (nSPS) is 13.0. The van der Waals surface area contributed by atoms with Gasteiger partial charge in [-0.3, -0.25) is 9.59 Å². The fraction of sp³-hybridized carbons (Fsp3) is 0.679. The second-order valence-electron chi connectivity index (χ2n) is 10.3. The third kappa shape index (κ3) is 11.4. The number of nitrogens with zero attached hydrogens (tertiary/aromatic N) is 1. The van der Waals surface area contributed by atoms with Crippen molar-refractivity contribution < 1.29 is 24.2 Å². The Morgan fingerprint density at radius 2 is 1.69 bits per heavy atom. The topological polar surface area (TPSA) is 108 Å². The minimum atomic E-state index is -1.23. The Kier molecular flexibility index (Phi) is 14.1. The van der Waals surface area contributed by atoms with Crippen LogP contribution in [0.5, 0.6) is 0 Å². The predicted molar refractivity (Wildman–Crippen MR) is 143 cm³/mol.